The van der Waals surface area contributed by atoms with E-state index >= 15 is 0 Å². The molecule has 0 saturated carbocycles. The summed E-state index contributed by atoms with van der Waals surface area (Å²) >= 11 is 0. The SMILES string of the molecule is CCCCOCc1cc(C(C)NC)ccc1OCC. The molecule has 108 valence electrons. The standard InChI is InChI=1S/C16H27NO2/c1-5-7-10-18-12-15-11-14(13(3)17-4)8-9-16(15)19-6-2/h8-9,11,13,17H,5-7,10,12H2,1-4H3. The van der Waals surface area contributed by atoms with Crippen molar-refractivity contribution < 1.29 is 9.47 Å². The molecule has 0 radical (unpaired) electrons. The summed E-state index contributed by atoms with van der Waals surface area (Å²) in [4.78, 5) is 0. The van der Waals surface area contributed by atoms with E-state index in [-0.39, 0.29) is 0 Å². The van der Waals surface area contributed by atoms with E-state index in [0.29, 0.717) is 19.3 Å². The number of rotatable bonds is 9. The van der Waals surface area contributed by atoms with Crippen molar-refractivity contribution in [2.45, 2.75) is 46.3 Å². The molecular formula is C16H27NO2. The van der Waals surface area contributed by atoms with Crippen molar-refractivity contribution in [1.82, 2.24) is 5.32 Å². The summed E-state index contributed by atoms with van der Waals surface area (Å²) in [6.45, 7) is 8.45. The number of benzene rings is 1. The minimum Gasteiger partial charge on any atom is -0.494 e. The Hall–Kier alpha value is -1.06. The van der Waals surface area contributed by atoms with Gasteiger partial charge in [-0.15, -0.1) is 0 Å². The summed E-state index contributed by atoms with van der Waals surface area (Å²) in [6, 6.07) is 6.68. The first-order valence-electron chi connectivity index (χ1n) is 7.23. The fourth-order valence-corrected chi connectivity index (χ4v) is 1.87. The molecule has 3 nitrogen and oxygen atoms in total. The Bertz CT molecular complexity index is 366. The molecule has 1 atom stereocenters. The lowest BCUT2D eigenvalue weighted by molar-refractivity contribution is 0.115. The fourth-order valence-electron chi connectivity index (χ4n) is 1.87. The third-order valence-corrected chi connectivity index (χ3v) is 3.22. The molecule has 19 heavy (non-hydrogen) atoms. The minimum atomic E-state index is 0.338. The summed E-state index contributed by atoms with van der Waals surface area (Å²) < 4.78 is 11.4. The van der Waals surface area contributed by atoms with Gasteiger partial charge in [0.15, 0.2) is 0 Å². The summed E-state index contributed by atoms with van der Waals surface area (Å²) in [5, 5.41) is 3.25. The third-order valence-electron chi connectivity index (χ3n) is 3.22. The summed E-state index contributed by atoms with van der Waals surface area (Å²) in [5.41, 5.74) is 2.40. The second-order valence-electron chi connectivity index (χ2n) is 4.72. The first kappa shape index (κ1) is 16.0. The number of unbranched alkanes of at least 4 members (excludes halogenated alkanes) is 1. The number of ether oxygens (including phenoxy) is 2. The molecule has 0 fully saturated rings. The van der Waals surface area contributed by atoms with Crippen LogP contribution in [0.25, 0.3) is 0 Å². The Morgan fingerprint density at radius 3 is 2.68 bits per heavy atom. The van der Waals surface area contributed by atoms with E-state index in [0.717, 1.165) is 30.8 Å². The predicted molar refractivity (Wildman–Crippen MR) is 79.6 cm³/mol. The molecule has 0 aliphatic carbocycles. The maximum atomic E-state index is 5.72. The maximum absolute atomic E-state index is 5.72. The minimum absolute atomic E-state index is 0.338. The Morgan fingerprint density at radius 1 is 1.26 bits per heavy atom. The fraction of sp³-hybridized carbons (Fsp3) is 0.625. The Labute approximate surface area is 117 Å². The van der Waals surface area contributed by atoms with Crippen LogP contribution < -0.4 is 10.1 Å². The molecular weight excluding hydrogens is 238 g/mol. The molecule has 1 N–H and O–H groups in total. The monoisotopic (exact) mass is 265 g/mol. The Kier molecular flexibility index (Phi) is 7.53. The average molecular weight is 265 g/mol. The Balaban J connectivity index is 2.76. The zero-order valence-corrected chi connectivity index (χ0v) is 12.7. The topological polar surface area (TPSA) is 30.5 Å². The molecule has 1 aromatic carbocycles. The van der Waals surface area contributed by atoms with Crippen molar-refractivity contribution in [2.24, 2.45) is 0 Å². The van der Waals surface area contributed by atoms with Crippen LogP contribution in [0.1, 0.15) is 50.8 Å². The van der Waals surface area contributed by atoms with Crippen molar-refractivity contribution in [2.75, 3.05) is 20.3 Å². The van der Waals surface area contributed by atoms with E-state index < -0.39 is 0 Å². The van der Waals surface area contributed by atoms with Gasteiger partial charge in [0.25, 0.3) is 0 Å². The van der Waals surface area contributed by atoms with Crippen LogP contribution in [0.2, 0.25) is 0 Å². The van der Waals surface area contributed by atoms with Gasteiger partial charge in [-0.25, -0.2) is 0 Å². The van der Waals surface area contributed by atoms with E-state index in [1.807, 2.05) is 20.0 Å². The lowest BCUT2D eigenvalue weighted by Gasteiger charge is -2.16. The van der Waals surface area contributed by atoms with Crippen LogP contribution in [0, 0.1) is 0 Å². The molecule has 0 amide bonds. The molecule has 0 aliphatic rings. The van der Waals surface area contributed by atoms with Crippen LogP contribution >= 0.6 is 0 Å². The van der Waals surface area contributed by atoms with Crippen molar-refractivity contribution in [3.63, 3.8) is 0 Å². The highest BCUT2D eigenvalue weighted by molar-refractivity contribution is 5.38. The molecule has 0 bridgehead atoms. The van der Waals surface area contributed by atoms with Gasteiger partial charge in [-0.3, -0.25) is 0 Å². The molecule has 0 aromatic heterocycles. The molecule has 1 aromatic rings. The number of hydrogen-bond acceptors (Lipinski definition) is 3. The first-order chi connectivity index (χ1) is 9.22. The van der Waals surface area contributed by atoms with Gasteiger partial charge >= 0.3 is 0 Å². The lowest BCUT2D eigenvalue weighted by atomic mass is 10.0. The Morgan fingerprint density at radius 2 is 2.05 bits per heavy atom. The van der Waals surface area contributed by atoms with Crippen molar-refractivity contribution in [1.29, 1.82) is 0 Å². The molecule has 0 aliphatic heterocycles. The molecule has 1 unspecified atom stereocenters. The highest BCUT2D eigenvalue weighted by Crippen LogP contribution is 2.24. The van der Waals surface area contributed by atoms with Crippen LogP contribution in [0.5, 0.6) is 5.75 Å². The summed E-state index contributed by atoms with van der Waals surface area (Å²) in [7, 11) is 1.97. The molecule has 1 rings (SSSR count). The average Bonchev–Trinajstić information content (AvgIpc) is 2.44. The number of nitrogens with one attached hydrogen (secondary N) is 1. The van der Waals surface area contributed by atoms with Gasteiger partial charge in [0.2, 0.25) is 0 Å². The van der Waals surface area contributed by atoms with E-state index in [9.17, 15) is 0 Å². The highest BCUT2D eigenvalue weighted by atomic mass is 16.5. The second kappa shape index (κ2) is 8.94. The third kappa shape index (κ3) is 5.21. The quantitative estimate of drug-likeness (QED) is 0.691. The van der Waals surface area contributed by atoms with Gasteiger partial charge in [-0.1, -0.05) is 19.4 Å². The van der Waals surface area contributed by atoms with Gasteiger partial charge < -0.3 is 14.8 Å². The van der Waals surface area contributed by atoms with Gasteiger partial charge in [-0.05, 0) is 45.0 Å². The second-order valence-corrected chi connectivity index (χ2v) is 4.72. The normalized spacial score (nSPS) is 12.4. The molecule has 0 heterocycles. The van der Waals surface area contributed by atoms with Crippen molar-refractivity contribution in [3.8, 4) is 5.75 Å². The largest absolute Gasteiger partial charge is 0.494 e. The van der Waals surface area contributed by atoms with E-state index in [1.165, 1.54) is 5.56 Å². The van der Waals surface area contributed by atoms with Gasteiger partial charge in [-0.2, -0.15) is 0 Å². The maximum Gasteiger partial charge on any atom is 0.124 e. The van der Waals surface area contributed by atoms with Crippen LogP contribution in [-0.4, -0.2) is 20.3 Å². The lowest BCUT2D eigenvalue weighted by Crippen LogP contribution is -2.13. The zero-order valence-electron chi connectivity index (χ0n) is 12.7. The van der Waals surface area contributed by atoms with Crippen LogP contribution in [-0.2, 0) is 11.3 Å². The first-order valence-corrected chi connectivity index (χ1v) is 7.23. The summed E-state index contributed by atoms with van der Waals surface area (Å²) in [5.74, 6) is 0.936. The van der Waals surface area contributed by atoms with Gasteiger partial charge in [0, 0.05) is 18.2 Å². The van der Waals surface area contributed by atoms with Gasteiger partial charge in [0.05, 0.1) is 13.2 Å². The molecule has 0 saturated heterocycles. The van der Waals surface area contributed by atoms with Crippen LogP contribution in [0.3, 0.4) is 0 Å². The number of hydrogen-bond donors (Lipinski definition) is 1. The smallest absolute Gasteiger partial charge is 0.124 e. The summed E-state index contributed by atoms with van der Waals surface area (Å²) in [6.07, 6.45) is 2.27. The van der Waals surface area contributed by atoms with Crippen molar-refractivity contribution >= 4 is 0 Å². The van der Waals surface area contributed by atoms with E-state index in [4.69, 9.17) is 9.47 Å². The van der Waals surface area contributed by atoms with Gasteiger partial charge in [0.1, 0.15) is 5.75 Å². The van der Waals surface area contributed by atoms with E-state index in [1.54, 1.807) is 0 Å². The van der Waals surface area contributed by atoms with Crippen LogP contribution in [0.4, 0.5) is 0 Å². The zero-order chi connectivity index (χ0) is 14.1. The van der Waals surface area contributed by atoms with Crippen LogP contribution in [0.15, 0.2) is 18.2 Å². The predicted octanol–water partition coefficient (Wildman–Crippen LogP) is 3.68. The molecule has 0 spiro atoms. The van der Waals surface area contributed by atoms with E-state index in [2.05, 4.69) is 31.3 Å². The highest BCUT2D eigenvalue weighted by Gasteiger charge is 2.09. The molecule has 3 heteroatoms. The van der Waals surface area contributed by atoms with Crippen molar-refractivity contribution in [3.05, 3.63) is 29.3 Å².